The number of carbonyl (C=O) groups excluding carboxylic acids is 2. The molecule has 0 N–H and O–H groups in total. The van der Waals surface area contributed by atoms with Crippen LogP contribution in [0.3, 0.4) is 0 Å². The van der Waals surface area contributed by atoms with Crippen molar-refractivity contribution >= 4 is 45.0 Å². The lowest BCUT2D eigenvalue weighted by Gasteiger charge is -2.23. The van der Waals surface area contributed by atoms with E-state index in [-0.39, 0.29) is 12.5 Å². The first-order valence-electron chi connectivity index (χ1n) is 6.29. The molecule has 1 aromatic carbocycles. The molecule has 1 fully saturated rings. The molecular formula is C15H10BrClN2O2. The van der Waals surface area contributed by atoms with Gasteiger partial charge < -0.3 is 0 Å². The van der Waals surface area contributed by atoms with E-state index in [1.54, 1.807) is 12.1 Å². The number of amides is 1. The zero-order chi connectivity index (χ0) is 15.0. The fraction of sp³-hybridized carbons (Fsp3) is 0.133. The van der Waals surface area contributed by atoms with Gasteiger partial charge in [0.2, 0.25) is 5.78 Å². The Kier molecular flexibility index (Phi) is 3.78. The molecule has 1 unspecified atom stereocenters. The molecule has 0 spiro atoms. The van der Waals surface area contributed by atoms with Gasteiger partial charge in [-0.05, 0) is 29.8 Å². The number of hydrogen-bond acceptors (Lipinski definition) is 3. The Labute approximate surface area is 134 Å². The molecule has 0 bridgehead atoms. The Morgan fingerprint density at radius 3 is 2.71 bits per heavy atom. The van der Waals surface area contributed by atoms with E-state index >= 15 is 0 Å². The average molecular weight is 366 g/mol. The van der Waals surface area contributed by atoms with Gasteiger partial charge in [-0.15, -0.1) is 0 Å². The normalized spacial score (nSPS) is 18.4. The van der Waals surface area contributed by atoms with Crippen molar-refractivity contribution in [2.45, 2.75) is 12.5 Å². The summed E-state index contributed by atoms with van der Waals surface area (Å²) in [5, 5.41) is 0.482. The van der Waals surface area contributed by atoms with Gasteiger partial charge in [0.25, 0.3) is 5.91 Å². The Hall–Kier alpha value is -1.72. The minimum Gasteiger partial charge on any atom is -0.289 e. The van der Waals surface area contributed by atoms with Crippen LogP contribution in [-0.2, 0) is 9.59 Å². The van der Waals surface area contributed by atoms with Crippen LogP contribution in [0.5, 0.6) is 0 Å². The van der Waals surface area contributed by atoms with Gasteiger partial charge >= 0.3 is 0 Å². The van der Waals surface area contributed by atoms with Crippen LogP contribution in [-0.4, -0.2) is 16.7 Å². The largest absolute Gasteiger partial charge is 0.296 e. The van der Waals surface area contributed by atoms with Gasteiger partial charge in [-0.25, -0.2) is 4.98 Å². The predicted octanol–water partition coefficient (Wildman–Crippen LogP) is 3.54. The molecule has 0 radical (unpaired) electrons. The first-order valence-corrected chi connectivity index (χ1v) is 7.47. The number of aromatic nitrogens is 1. The van der Waals surface area contributed by atoms with Crippen LogP contribution >= 0.6 is 27.5 Å². The summed E-state index contributed by atoms with van der Waals surface area (Å²) in [6.07, 6.45) is 1.62. The third-order valence-corrected chi connectivity index (χ3v) is 4.06. The molecule has 1 aromatic heterocycles. The van der Waals surface area contributed by atoms with Crippen molar-refractivity contribution in [3.05, 3.63) is 57.7 Å². The quantitative estimate of drug-likeness (QED) is 0.765. The molecule has 106 valence electrons. The average Bonchev–Trinajstić information content (AvgIpc) is 2.76. The van der Waals surface area contributed by atoms with E-state index < -0.39 is 11.7 Å². The summed E-state index contributed by atoms with van der Waals surface area (Å²) in [5.41, 5.74) is 0.889. The lowest BCUT2D eigenvalue weighted by Crippen LogP contribution is -2.30. The number of hydrogen-bond donors (Lipinski definition) is 0. The summed E-state index contributed by atoms with van der Waals surface area (Å²) in [7, 11) is 0. The van der Waals surface area contributed by atoms with E-state index in [0.29, 0.717) is 10.8 Å². The highest BCUT2D eigenvalue weighted by molar-refractivity contribution is 9.10. The molecule has 6 heteroatoms. The first-order chi connectivity index (χ1) is 10.1. The van der Waals surface area contributed by atoms with Crippen LogP contribution in [0.15, 0.2) is 47.1 Å². The van der Waals surface area contributed by atoms with E-state index in [1.165, 1.54) is 11.1 Å². The lowest BCUT2D eigenvalue weighted by molar-refractivity contribution is -0.133. The molecule has 1 atom stereocenters. The van der Waals surface area contributed by atoms with E-state index in [0.717, 1.165) is 10.0 Å². The number of Topliss-reactive ketones (excluding diaryl/α,β-unsaturated/α-hetero) is 1. The maximum Gasteiger partial charge on any atom is 0.296 e. The summed E-state index contributed by atoms with van der Waals surface area (Å²) >= 11 is 9.22. The molecule has 0 aliphatic carbocycles. The van der Waals surface area contributed by atoms with Gasteiger partial charge in [-0.2, -0.15) is 0 Å². The van der Waals surface area contributed by atoms with Crippen molar-refractivity contribution in [1.29, 1.82) is 0 Å². The molecule has 4 nitrogen and oxygen atoms in total. The van der Waals surface area contributed by atoms with Crippen molar-refractivity contribution in [3.63, 3.8) is 0 Å². The molecule has 1 saturated heterocycles. The summed E-state index contributed by atoms with van der Waals surface area (Å²) in [6.45, 7) is 0. The minimum atomic E-state index is -0.533. The third-order valence-electron chi connectivity index (χ3n) is 3.34. The molecule has 1 aliphatic heterocycles. The molecule has 2 heterocycles. The highest BCUT2D eigenvalue weighted by Gasteiger charge is 2.40. The van der Waals surface area contributed by atoms with Crippen molar-refractivity contribution in [1.82, 2.24) is 4.98 Å². The fourth-order valence-corrected chi connectivity index (χ4v) is 2.91. The zero-order valence-corrected chi connectivity index (χ0v) is 13.1. The van der Waals surface area contributed by atoms with Crippen molar-refractivity contribution in [3.8, 4) is 0 Å². The highest BCUT2D eigenvalue weighted by Crippen LogP contribution is 2.35. The molecule has 0 saturated carbocycles. The second-order valence-electron chi connectivity index (χ2n) is 4.71. The highest BCUT2D eigenvalue weighted by atomic mass is 79.9. The number of halogens is 2. The minimum absolute atomic E-state index is 0.152. The van der Waals surface area contributed by atoms with E-state index in [9.17, 15) is 9.59 Å². The van der Waals surface area contributed by atoms with Gasteiger partial charge in [-0.3, -0.25) is 14.5 Å². The molecule has 1 aliphatic rings. The summed E-state index contributed by atoms with van der Waals surface area (Å²) in [4.78, 5) is 29.6. The van der Waals surface area contributed by atoms with E-state index in [2.05, 4.69) is 20.9 Å². The number of carbonyl (C=O) groups is 2. The lowest BCUT2D eigenvalue weighted by atomic mass is 10.0. The van der Waals surface area contributed by atoms with Crippen LogP contribution in [0, 0.1) is 0 Å². The monoisotopic (exact) mass is 364 g/mol. The van der Waals surface area contributed by atoms with E-state index in [4.69, 9.17) is 11.6 Å². The smallest absolute Gasteiger partial charge is 0.289 e. The van der Waals surface area contributed by atoms with Gasteiger partial charge in [0, 0.05) is 17.1 Å². The first kappa shape index (κ1) is 14.2. The predicted molar refractivity (Wildman–Crippen MR) is 83.2 cm³/mol. The van der Waals surface area contributed by atoms with Gasteiger partial charge in [0.05, 0.1) is 11.1 Å². The SMILES string of the molecule is O=C1CC(c2cccc(Br)c2)N(c2ccc(Cl)cn2)C1=O. The standard InChI is InChI=1S/C15H10BrClN2O2/c16-10-3-1-2-9(6-10)12-7-13(20)15(21)19(12)14-5-4-11(17)8-18-14/h1-6,8,12H,7H2. The number of rotatable bonds is 2. The summed E-state index contributed by atoms with van der Waals surface area (Å²) < 4.78 is 0.899. The third kappa shape index (κ3) is 2.71. The van der Waals surface area contributed by atoms with Gasteiger partial charge in [-0.1, -0.05) is 39.7 Å². The molecule has 1 amide bonds. The maximum absolute atomic E-state index is 12.2. The Balaban J connectivity index is 2.04. The van der Waals surface area contributed by atoms with Crippen molar-refractivity contribution in [2.75, 3.05) is 4.90 Å². The van der Waals surface area contributed by atoms with Crippen molar-refractivity contribution in [2.24, 2.45) is 0 Å². The van der Waals surface area contributed by atoms with Gasteiger partial charge in [0.15, 0.2) is 0 Å². The van der Waals surface area contributed by atoms with Crippen LogP contribution < -0.4 is 4.90 Å². The number of benzene rings is 1. The zero-order valence-electron chi connectivity index (χ0n) is 10.8. The Morgan fingerprint density at radius 2 is 2.05 bits per heavy atom. The number of anilines is 1. The second kappa shape index (κ2) is 5.58. The van der Waals surface area contributed by atoms with E-state index in [1.807, 2.05) is 24.3 Å². The van der Waals surface area contributed by atoms with Gasteiger partial charge in [0.1, 0.15) is 5.82 Å². The molecule has 3 rings (SSSR count). The van der Waals surface area contributed by atoms with Crippen molar-refractivity contribution < 1.29 is 9.59 Å². The molecule has 21 heavy (non-hydrogen) atoms. The number of pyridine rings is 1. The Morgan fingerprint density at radius 1 is 1.24 bits per heavy atom. The van der Waals surface area contributed by atoms with Crippen LogP contribution in [0.25, 0.3) is 0 Å². The van der Waals surface area contributed by atoms with Crippen LogP contribution in [0.1, 0.15) is 18.0 Å². The topological polar surface area (TPSA) is 50.3 Å². The number of nitrogens with zero attached hydrogens (tertiary/aromatic N) is 2. The fourth-order valence-electron chi connectivity index (χ4n) is 2.39. The van der Waals surface area contributed by atoms with Crippen LogP contribution in [0.4, 0.5) is 5.82 Å². The maximum atomic E-state index is 12.2. The summed E-state index contributed by atoms with van der Waals surface area (Å²) in [6, 6.07) is 10.5. The van der Waals surface area contributed by atoms with Crippen LogP contribution in [0.2, 0.25) is 5.02 Å². The molecule has 2 aromatic rings. The summed E-state index contributed by atoms with van der Waals surface area (Å²) in [5.74, 6) is -0.508. The molecular weight excluding hydrogens is 356 g/mol. The Bertz CT molecular complexity index is 718. The second-order valence-corrected chi connectivity index (χ2v) is 6.06. The number of ketones is 1.